The smallest absolute Gasteiger partial charge is 0.217 e. The van der Waals surface area contributed by atoms with Gasteiger partial charge in [-0.05, 0) is 34.7 Å². The second-order valence-corrected chi connectivity index (χ2v) is 6.22. The minimum atomic E-state index is -0.491. The standard InChI is InChI=1S/C19H16FN5/c20-8-11-25-19(23-18(24-25)17-21-9-10-22-17)15-7-6-13-5-4-12-2-1-3-14(15)16(12)13/h1-3,6-7,9-10H,4-5,8,11H2,(H,21,22). The van der Waals surface area contributed by atoms with Crippen LogP contribution >= 0.6 is 0 Å². The first-order chi connectivity index (χ1) is 12.3. The Morgan fingerprint density at radius 3 is 2.80 bits per heavy atom. The molecule has 1 aliphatic rings. The van der Waals surface area contributed by atoms with Crippen molar-refractivity contribution in [3.63, 3.8) is 0 Å². The second-order valence-electron chi connectivity index (χ2n) is 6.22. The van der Waals surface area contributed by atoms with E-state index in [0.29, 0.717) is 17.5 Å². The number of alkyl halides is 1. The molecule has 25 heavy (non-hydrogen) atoms. The number of hydrogen-bond donors (Lipinski definition) is 1. The molecule has 6 heteroatoms. The predicted molar refractivity (Wildman–Crippen MR) is 93.9 cm³/mol. The van der Waals surface area contributed by atoms with Gasteiger partial charge in [0.2, 0.25) is 5.82 Å². The van der Waals surface area contributed by atoms with Crippen LogP contribution in [0, 0.1) is 0 Å². The first-order valence-corrected chi connectivity index (χ1v) is 8.39. The summed E-state index contributed by atoms with van der Waals surface area (Å²) in [6.07, 6.45) is 5.53. The van der Waals surface area contributed by atoms with Gasteiger partial charge in [-0.15, -0.1) is 5.10 Å². The Morgan fingerprint density at radius 2 is 2.00 bits per heavy atom. The zero-order valence-corrected chi connectivity index (χ0v) is 13.5. The van der Waals surface area contributed by atoms with E-state index < -0.39 is 6.67 Å². The molecule has 2 aromatic carbocycles. The molecule has 0 aliphatic heterocycles. The SMILES string of the molecule is FCCn1nc(-c2ncc[nH]2)nc1-c1ccc2c3c(cccc13)CC2. The number of nitrogens with zero attached hydrogens (tertiary/aromatic N) is 4. The number of nitrogens with one attached hydrogen (secondary N) is 1. The van der Waals surface area contributed by atoms with Crippen molar-refractivity contribution in [2.45, 2.75) is 19.4 Å². The molecule has 0 bridgehead atoms. The predicted octanol–water partition coefficient (Wildman–Crippen LogP) is 3.56. The fraction of sp³-hybridized carbons (Fsp3) is 0.211. The van der Waals surface area contributed by atoms with Crippen LogP contribution in [0.5, 0.6) is 0 Å². The number of hydrogen-bond acceptors (Lipinski definition) is 3. The monoisotopic (exact) mass is 333 g/mol. The Hall–Kier alpha value is -3.02. The summed E-state index contributed by atoms with van der Waals surface area (Å²) in [7, 11) is 0. The van der Waals surface area contributed by atoms with Crippen molar-refractivity contribution >= 4 is 10.8 Å². The van der Waals surface area contributed by atoms with Gasteiger partial charge in [-0.2, -0.15) is 0 Å². The van der Waals surface area contributed by atoms with Gasteiger partial charge in [-0.25, -0.2) is 19.0 Å². The molecule has 0 spiro atoms. The Labute approximate surface area is 143 Å². The number of H-pyrrole nitrogens is 1. The molecule has 1 aliphatic carbocycles. The highest BCUT2D eigenvalue weighted by Gasteiger charge is 2.20. The summed E-state index contributed by atoms with van der Waals surface area (Å²) < 4.78 is 14.7. The van der Waals surface area contributed by atoms with E-state index in [9.17, 15) is 4.39 Å². The first-order valence-electron chi connectivity index (χ1n) is 8.39. The largest absolute Gasteiger partial charge is 0.342 e. The summed E-state index contributed by atoms with van der Waals surface area (Å²) in [5.74, 6) is 1.75. The van der Waals surface area contributed by atoms with E-state index in [2.05, 4.69) is 50.4 Å². The maximum atomic E-state index is 13.1. The van der Waals surface area contributed by atoms with Crippen molar-refractivity contribution in [2.75, 3.05) is 6.67 Å². The highest BCUT2D eigenvalue weighted by atomic mass is 19.1. The van der Waals surface area contributed by atoms with Gasteiger partial charge in [0.1, 0.15) is 6.67 Å². The average molecular weight is 333 g/mol. The number of rotatable bonds is 4. The summed E-state index contributed by atoms with van der Waals surface area (Å²) in [4.78, 5) is 11.9. The van der Waals surface area contributed by atoms with Gasteiger partial charge in [-0.1, -0.05) is 30.3 Å². The summed E-state index contributed by atoms with van der Waals surface area (Å²) in [6, 6.07) is 10.6. The lowest BCUT2D eigenvalue weighted by molar-refractivity contribution is 0.429. The van der Waals surface area contributed by atoms with E-state index in [1.807, 2.05) is 0 Å². The highest BCUT2D eigenvalue weighted by Crippen LogP contribution is 2.36. The Balaban J connectivity index is 1.75. The maximum Gasteiger partial charge on any atom is 0.217 e. The molecule has 0 amide bonds. The molecular weight excluding hydrogens is 317 g/mol. The fourth-order valence-corrected chi connectivity index (χ4v) is 3.71. The molecule has 0 fully saturated rings. The maximum absolute atomic E-state index is 13.1. The molecule has 2 heterocycles. The molecule has 2 aromatic heterocycles. The molecule has 0 saturated carbocycles. The van der Waals surface area contributed by atoms with Gasteiger partial charge in [-0.3, -0.25) is 0 Å². The van der Waals surface area contributed by atoms with Crippen LogP contribution in [0.2, 0.25) is 0 Å². The van der Waals surface area contributed by atoms with Crippen LogP contribution in [0.15, 0.2) is 42.7 Å². The molecule has 4 aromatic rings. The normalized spacial score (nSPS) is 13.0. The van der Waals surface area contributed by atoms with Gasteiger partial charge in [0.15, 0.2) is 11.6 Å². The van der Waals surface area contributed by atoms with E-state index in [0.717, 1.165) is 23.8 Å². The van der Waals surface area contributed by atoms with Crippen LogP contribution in [0.25, 0.3) is 33.8 Å². The zero-order valence-electron chi connectivity index (χ0n) is 13.5. The number of aryl methyl sites for hydroxylation is 3. The van der Waals surface area contributed by atoms with Crippen LogP contribution in [0.3, 0.4) is 0 Å². The molecule has 0 atom stereocenters. The topological polar surface area (TPSA) is 59.4 Å². The number of benzene rings is 2. The van der Waals surface area contributed by atoms with E-state index in [4.69, 9.17) is 0 Å². The van der Waals surface area contributed by atoms with Gasteiger partial charge in [0.25, 0.3) is 0 Å². The van der Waals surface area contributed by atoms with Crippen LogP contribution < -0.4 is 0 Å². The molecule has 0 radical (unpaired) electrons. The van der Waals surface area contributed by atoms with Gasteiger partial charge in [0.05, 0.1) is 6.54 Å². The molecule has 0 saturated heterocycles. The van der Waals surface area contributed by atoms with E-state index >= 15 is 0 Å². The summed E-state index contributed by atoms with van der Waals surface area (Å²) in [5.41, 5.74) is 3.73. The van der Waals surface area contributed by atoms with Crippen molar-refractivity contribution in [2.24, 2.45) is 0 Å². The average Bonchev–Trinajstić information content (AvgIpc) is 3.36. The lowest BCUT2D eigenvalue weighted by Gasteiger charge is -2.09. The van der Waals surface area contributed by atoms with E-state index in [-0.39, 0.29) is 6.54 Å². The zero-order chi connectivity index (χ0) is 16.8. The lowest BCUT2D eigenvalue weighted by atomic mass is 9.99. The Morgan fingerprint density at radius 1 is 1.12 bits per heavy atom. The summed E-state index contributed by atoms with van der Waals surface area (Å²) in [6.45, 7) is -0.318. The third-order valence-electron chi connectivity index (χ3n) is 4.80. The first kappa shape index (κ1) is 14.3. The lowest BCUT2D eigenvalue weighted by Crippen LogP contribution is -2.04. The van der Waals surface area contributed by atoms with Gasteiger partial charge in [0, 0.05) is 18.0 Å². The van der Waals surface area contributed by atoms with Crippen LogP contribution in [-0.4, -0.2) is 31.4 Å². The minimum Gasteiger partial charge on any atom is -0.342 e. The molecule has 0 unspecified atom stereocenters. The van der Waals surface area contributed by atoms with Gasteiger partial charge < -0.3 is 4.98 Å². The Kier molecular flexibility index (Phi) is 3.16. The quantitative estimate of drug-likeness (QED) is 0.621. The number of halogens is 1. The highest BCUT2D eigenvalue weighted by molar-refractivity contribution is 6.00. The van der Waals surface area contributed by atoms with Crippen LogP contribution in [0.4, 0.5) is 4.39 Å². The number of imidazole rings is 1. The fourth-order valence-electron chi connectivity index (χ4n) is 3.71. The molecular formula is C19H16FN5. The van der Waals surface area contributed by atoms with Gasteiger partial charge >= 0.3 is 0 Å². The molecule has 1 N–H and O–H groups in total. The minimum absolute atomic E-state index is 0.173. The van der Waals surface area contributed by atoms with E-state index in [1.165, 1.54) is 16.5 Å². The number of aromatic nitrogens is 5. The van der Waals surface area contributed by atoms with Crippen molar-refractivity contribution in [1.82, 2.24) is 24.7 Å². The molecule has 124 valence electrons. The summed E-state index contributed by atoms with van der Waals surface area (Å²) >= 11 is 0. The third-order valence-corrected chi connectivity index (χ3v) is 4.80. The molecule has 5 nitrogen and oxygen atoms in total. The van der Waals surface area contributed by atoms with Crippen molar-refractivity contribution < 1.29 is 4.39 Å². The van der Waals surface area contributed by atoms with Crippen LogP contribution in [-0.2, 0) is 19.4 Å². The van der Waals surface area contributed by atoms with Crippen molar-refractivity contribution in [1.29, 1.82) is 0 Å². The van der Waals surface area contributed by atoms with Crippen molar-refractivity contribution in [3.05, 3.63) is 53.9 Å². The second kappa shape index (κ2) is 5.51. The Bertz CT molecular complexity index is 1050. The van der Waals surface area contributed by atoms with E-state index in [1.54, 1.807) is 17.1 Å². The third kappa shape index (κ3) is 2.17. The molecule has 5 rings (SSSR count). The van der Waals surface area contributed by atoms with Crippen LogP contribution in [0.1, 0.15) is 11.1 Å². The number of aromatic amines is 1. The van der Waals surface area contributed by atoms with Crippen molar-refractivity contribution in [3.8, 4) is 23.0 Å². The summed E-state index contributed by atoms with van der Waals surface area (Å²) in [5, 5.41) is 6.93.